The number of hydrogen-bond acceptors (Lipinski definition) is 5. The summed E-state index contributed by atoms with van der Waals surface area (Å²) in [6, 6.07) is 11.3. The maximum absolute atomic E-state index is 13.2. The monoisotopic (exact) mass is 488 g/mol. The van der Waals surface area contributed by atoms with Crippen LogP contribution in [0.4, 0.5) is 10.5 Å². The molecule has 3 rings (SSSR count). The average molecular weight is 489 g/mol. The number of piperazine rings is 1. The molecule has 1 saturated heterocycles. The minimum atomic E-state index is -0.734. The second-order valence-corrected chi connectivity index (χ2v) is 8.34. The van der Waals surface area contributed by atoms with Gasteiger partial charge in [-0.25, -0.2) is 4.79 Å². The molecule has 1 heterocycles. The summed E-state index contributed by atoms with van der Waals surface area (Å²) >= 11 is 5.97. The molecule has 0 saturated carbocycles. The largest absolute Gasteiger partial charge is 0.493 e. The van der Waals surface area contributed by atoms with Gasteiger partial charge in [-0.2, -0.15) is 0 Å². The minimum Gasteiger partial charge on any atom is -0.493 e. The smallest absolute Gasteiger partial charge is 0.321 e. The third-order valence-corrected chi connectivity index (χ3v) is 5.75. The number of benzene rings is 2. The molecule has 4 amide bonds. The minimum absolute atomic E-state index is 0.195. The van der Waals surface area contributed by atoms with E-state index in [4.69, 9.17) is 21.1 Å². The summed E-state index contributed by atoms with van der Waals surface area (Å²) in [6.07, 6.45) is 0.300. The van der Waals surface area contributed by atoms with Gasteiger partial charge in [0.15, 0.2) is 11.5 Å². The fraction of sp³-hybridized carbons (Fsp3) is 0.375. The Bertz CT molecular complexity index is 1040. The topological polar surface area (TPSA) is 100 Å². The number of anilines is 1. The molecule has 9 nitrogen and oxygen atoms in total. The van der Waals surface area contributed by atoms with Gasteiger partial charge >= 0.3 is 6.03 Å². The highest BCUT2D eigenvalue weighted by Gasteiger charge is 2.30. The molecule has 34 heavy (non-hydrogen) atoms. The Labute approximate surface area is 203 Å². The molecule has 0 aliphatic carbocycles. The van der Waals surface area contributed by atoms with E-state index in [2.05, 4.69) is 10.6 Å². The summed E-state index contributed by atoms with van der Waals surface area (Å²) in [7, 11) is 3.09. The van der Waals surface area contributed by atoms with Crippen LogP contribution in [0, 0.1) is 0 Å². The van der Waals surface area contributed by atoms with Crippen LogP contribution in [-0.4, -0.2) is 74.1 Å². The first-order valence-corrected chi connectivity index (χ1v) is 11.3. The van der Waals surface area contributed by atoms with Crippen molar-refractivity contribution < 1.29 is 23.9 Å². The van der Waals surface area contributed by atoms with Crippen LogP contribution < -0.4 is 20.1 Å². The third-order valence-electron chi connectivity index (χ3n) is 5.52. The van der Waals surface area contributed by atoms with Crippen LogP contribution in [0.3, 0.4) is 0 Å². The van der Waals surface area contributed by atoms with Crippen LogP contribution >= 0.6 is 11.6 Å². The summed E-state index contributed by atoms with van der Waals surface area (Å²) in [5.41, 5.74) is 1.43. The van der Waals surface area contributed by atoms with Crippen molar-refractivity contribution in [2.75, 3.05) is 45.7 Å². The van der Waals surface area contributed by atoms with E-state index < -0.39 is 6.04 Å². The van der Waals surface area contributed by atoms with E-state index in [1.807, 2.05) is 6.07 Å². The van der Waals surface area contributed by atoms with E-state index in [0.717, 1.165) is 5.56 Å². The molecule has 1 atom stereocenters. The molecule has 0 unspecified atom stereocenters. The Hall–Kier alpha value is -3.46. The third kappa shape index (κ3) is 6.54. The molecule has 0 radical (unpaired) electrons. The van der Waals surface area contributed by atoms with Gasteiger partial charge in [-0.1, -0.05) is 23.7 Å². The first-order chi connectivity index (χ1) is 16.3. The van der Waals surface area contributed by atoms with Crippen LogP contribution in [0.15, 0.2) is 42.5 Å². The summed E-state index contributed by atoms with van der Waals surface area (Å²) in [4.78, 5) is 40.9. The van der Waals surface area contributed by atoms with Gasteiger partial charge in [-0.05, 0) is 35.9 Å². The van der Waals surface area contributed by atoms with Crippen LogP contribution in [0.25, 0.3) is 0 Å². The van der Waals surface area contributed by atoms with Crippen molar-refractivity contribution in [3.05, 3.63) is 53.1 Å². The van der Waals surface area contributed by atoms with Gasteiger partial charge in [0.25, 0.3) is 0 Å². The lowest BCUT2D eigenvalue weighted by molar-refractivity contribution is -0.137. The summed E-state index contributed by atoms with van der Waals surface area (Å²) in [5.74, 6) is 0.646. The summed E-state index contributed by atoms with van der Waals surface area (Å²) < 4.78 is 10.6. The lowest BCUT2D eigenvalue weighted by Crippen LogP contribution is -2.56. The zero-order chi connectivity index (χ0) is 24.7. The molecule has 0 aromatic heterocycles. The highest BCUT2D eigenvalue weighted by atomic mass is 35.5. The van der Waals surface area contributed by atoms with E-state index in [1.54, 1.807) is 60.4 Å². The molecule has 2 N–H and O–H groups in total. The van der Waals surface area contributed by atoms with Gasteiger partial charge in [-0.15, -0.1) is 0 Å². The van der Waals surface area contributed by atoms with E-state index in [9.17, 15) is 14.4 Å². The number of amides is 4. The Morgan fingerprint density at radius 3 is 2.26 bits per heavy atom. The number of hydrogen-bond donors (Lipinski definition) is 2. The number of nitrogens with one attached hydrogen (secondary N) is 2. The van der Waals surface area contributed by atoms with Gasteiger partial charge in [0.1, 0.15) is 6.04 Å². The normalized spacial score (nSPS) is 14.2. The van der Waals surface area contributed by atoms with Crippen molar-refractivity contribution in [1.82, 2.24) is 15.1 Å². The van der Waals surface area contributed by atoms with Gasteiger partial charge in [0, 0.05) is 50.2 Å². The van der Waals surface area contributed by atoms with Gasteiger partial charge in [-0.3, -0.25) is 9.59 Å². The fourth-order valence-electron chi connectivity index (χ4n) is 3.81. The van der Waals surface area contributed by atoms with Crippen molar-refractivity contribution >= 4 is 35.1 Å². The van der Waals surface area contributed by atoms with Crippen molar-refractivity contribution in [3.8, 4) is 11.5 Å². The molecule has 1 fully saturated rings. The van der Waals surface area contributed by atoms with Crippen molar-refractivity contribution in [2.45, 2.75) is 19.4 Å². The second-order valence-electron chi connectivity index (χ2n) is 7.90. The first kappa shape index (κ1) is 25.2. The predicted octanol–water partition coefficient (Wildman–Crippen LogP) is 2.78. The van der Waals surface area contributed by atoms with Crippen molar-refractivity contribution in [1.29, 1.82) is 0 Å². The molecule has 182 valence electrons. The van der Waals surface area contributed by atoms with Gasteiger partial charge < -0.3 is 29.9 Å². The zero-order valence-corrected chi connectivity index (χ0v) is 20.2. The Kier molecular flexibility index (Phi) is 8.59. The summed E-state index contributed by atoms with van der Waals surface area (Å²) in [5, 5.41) is 6.11. The van der Waals surface area contributed by atoms with Gasteiger partial charge in [0.2, 0.25) is 11.8 Å². The molecule has 10 heteroatoms. The van der Waals surface area contributed by atoms with E-state index in [0.29, 0.717) is 54.8 Å². The number of urea groups is 1. The number of methoxy groups -OCH3 is 2. The number of carbonyl (C=O) groups excluding carboxylic acids is 3. The lowest BCUT2D eigenvalue weighted by atomic mass is 10.0. The quantitative estimate of drug-likeness (QED) is 0.624. The molecule has 0 bridgehead atoms. The predicted molar refractivity (Wildman–Crippen MR) is 129 cm³/mol. The number of rotatable bonds is 7. The molecule has 2 aromatic rings. The van der Waals surface area contributed by atoms with E-state index in [1.165, 1.54) is 6.92 Å². The maximum Gasteiger partial charge on any atom is 0.321 e. The van der Waals surface area contributed by atoms with E-state index >= 15 is 0 Å². The standard InChI is InChI=1S/C24H29ClN4O5/c1-16(30)26-20(13-17-7-8-21(33-2)22(14-17)34-3)23(31)28-9-11-29(12-10-28)24(32)27-19-6-4-5-18(25)15-19/h4-8,14-15,20H,9-13H2,1-3H3,(H,26,30)(H,27,32)/t20-/m1/s1. The van der Waals surface area contributed by atoms with Crippen LogP contribution in [-0.2, 0) is 16.0 Å². The van der Waals surface area contributed by atoms with Crippen LogP contribution in [0.1, 0.15) is 12.5 Å². The van der Waals surface area contributed by atoms with E-state index in [-0.39, 0.29) is 17.8 Å². The number of carbonyl (C=O) groups is 3. The molecular formula is C24H29ClN4O5. The SMILES string of the molecule is COc1ccc(C[C@@H](NC(C)=O)C(=O)N2CCN(C(=O)Nc3cccc(Cl)c3)CC2)cc1OC. The summed E-state index contributed by atoms with van der Waals surface area (Å²) in [6.45, 7) is 2.86. The Balaban J connectivity index is 1.62. The Morgan fingerprint density at radius 1 is 0.971 bits per heavy atom. The van der Waals surface area contributed by atoms with Gasteiger partial charge in [0.05, 0.1) is 14.2 Å². The molecular weight excluding hydrogens is 460 g/mol. The average Bonchev–Trinajstić information content (AvgIpc) is 2.83. The number of nitrogens with zero attached hydrogens (tertiary/aromatic N) is 2. The fourth-order valence-corrected chi connectivity index (χ4v) is 4.00. The first-order valence-electron chi connectivity index (χ1n) is 10.9. The van der Waals surface area contributed by atoms with Crippen molar-refractivity contribution in [2.24, 2.45) is 0 Å². The molecule has 1 aliphatic heterocycles. The van der Waals surface area contributed by atoms with Crippen molar-refractivity contribution in [3.63, 3.8) is 0 Å². The van der Waals surface area contributed by atoms with Crippen LogP contribution in [0.5, 0.6) is 11.5 Å². The lowest BCUT2D eigenvalue weighted by Gasteiger charge is -2.36. The maximum atomic E-state index is 13.2. The molecule has 2 aromatic carbocycles. The second kappa shape index (κ2) is 11.6. The number of halogens is 1. The van der Waals surface area contributed by atoms with Crippen LogP contribution in [0.2, 0.25) is 5.02 Å². The number of ether oxygens (including phenoxy) is 2. The molecule has 0 spiro atoms. The zero-order valence-electron chi connectivity index (χ0n) is 19.5. The highest BCUT2D eigenvalue weighted by molar-refractivity contribution is 6.30. The Morgan fingerprint density at radius 2 is 1.65 bits per heavy atom. The molecule has 1 aliphatic rings. The highest BCUT2D eigenvalue weighted by Crippen LogP contribution is 2.28.